The first-order chi connectivity index (χ1) is 19.4. The van der Waals surface area contributed by atoms with Crippen molar-refractivity contribution in [2.75, 3.05) is 52.0 Å². The Morgan fingerprint density at radius 3 is 2.52 bits per heavy atom. The number of ether oxygens (including phenoxy) is 2. The van der Waals surface area contributed by atoms with Crippen molar-refractivity contribution >= 4 is 28.8 Å². The third-order valence-corrected chi connectivity index (χ3v) is 5.97. The summed E-state index contributed by atoms with van der Waals surface area (Å²) in [7, 11) is 7.15. The van der Waals surface area contributed by atoms with Gasteiger partial charge >= 0.3 is 6.03 Å². The smallest absolute Gasteiger partial charge is 0.320 e. The van der Waals surface area contributed by atoms with E-state index in [4.69, 9.17) is 14.5 Å². The molecule has 0 unspecified atom stereocenters. The highest BCUT2D eigenvalue weighted by atomic mass is 16.5. The molecule has 0 atom stereocenters. The second-order valence-electron chi connectivity index (χ2n) is 9.46. The second-order valence-corrected chi connectivity index (χ2v) is 9.46. The van der Waals surface area contributed by atoms with E-state index in [1.54, 1.807) is 31.2 Å². The normalized spacial score (nSPS) is 11.1. The van der Waals surface area contributed by atoms with Crippen LogP contribution in [0.1, 0.15) is 25.5 Å². The predicted octanol–water partition coefficient (Wildman–Crippen LogP) is 3.40. The van der Waals surface area contributed by atoms with Crippen molar-refractivity contribution in [2.45, 2.75) is 32.9 Å². The van der Waals surface area contributed by atoms with Crippen LogP contribution in [0.5, 0.6) is 11.5 Å². The van der Waals surface area contributed by atoms with Crippen LogP contribution >= 0.6 is 0 Å². The van der Waals surface area contributed by atoms with E-state index in [2.05, 4.69) is 43.2 Å². The number of benzene rings is 1. The first-order valence-corrected chi connectivity index (χ1v) is 13.1. The van der Waals surface area contributed by atoms with Crippen LogP contribution in [0.25, 0.3) is 22.2 Å². The Labute approximate surface area is 233 Å². The maximum atomic E-state index is 12.7. The van der Waals surface area contributed by atoms with Gasteiger partial charge in [0.15, 0.2) is 5.65 Å². The Kier molecular flexibility index (Phi) is 9.62. The number of carbonyl (C=O) groups excluding carboxylic acids is 1. The van der Waals surface area contributed by atoms with Crippen molar-refractivity contribution in [1.82, 2.24) is 40.2 Å². The van der Waals surface area contributed by atoms with E-state index in [9.17, 15) is 4.79 Å². The number of nitrogens with one attached hydrogen (secondary N) is 3. The number of pyridine rings is 1. The molecule has 40 heavy (non-hydrogen) atoms. The Balaban J connectivity index is 1.59. The van der Waals surface area contributed by atoms with E-state index in [0.717, 1.165) is 30.6 Å². The average molecular weight is 549 g/mol. The van der Waals surface area contributed by atoms with Gasteiger partial charge in [-0.15, -0.1) is 5.10 Å². The number of unbranched alkanes of at least 4 members (excludes halogenated alkanes) is 1. The summed E-state index contributed by atoms with van der Waals surface area (Å²) in [5.74, 6) is 2.01. The molecule has 3 N–H and O–H groups in total. The van der Waals surface area contributed by atoms with Gasteiger partial charge in [-0.25, -0.2) is 14.8 Å². The minimum Gasteiger partial charge on any atom is -0.497 e. The minimum absolute atomic E-state index is 0.342. The molecule has 4 rings (SSSR count). The lowest BCUT2D eigenvalue weighted by Crippen LogP contribution is -2.30. The maximum Gasteiger partial charge on any atom is 0.320 e. The molecule has 0 saturated carbocycles. The summed E-state index contributed by atoms with van der Waals surface area (Å²) in [4.78, 5) is 28.5. The van der Waals surface area contributed by atoms with E-state index in [0.29, 0.717) is 59.5 Å². The molecule has 0 aliphatic carbocycles. The monoisotopic (exact) mass is 548 g/mol. The highest BCUT2D eigenvalue weighted by Gasteiger charge is 2.16. The van der Waals surface area contributed by atoms with Crippen molar-refractivity contribution in [3.63, 3.8) is 0 Å². The zero-order valence-electron chi connectivity index (χ0n) is 23.6. The largest absolute Gasteiger partial charge is 0.497 e. The van der Waals surface area contributed by atoms with Gasteiger partial charge in [-0.2, -0.15) is 4.98 Å². The predicted molar refractivity (Wildman–Crippen MR) is 154 cm³/mol. The quantitative estimate of drug-likeness (QED) is 0.213. The number of methoxy groups -OCH3 is 2. The fourth-order valence-electron chi connectivity index (χ4n) is 3.98. The number of aromatic nitrogens is 6. The average Bonchev–Trinajstić information content (AvgIpc) is 3.38. The topological polar surface area (TPSA) is 144 Å². The third kappa shape index (κ3) is 7.53. The van der Waals surface area contributed by atoms with E-state index in [1.165, 1.54) is 0 Å². The SMILES string of the molecule is CCCCNC(=O)Nc1nc2nc(NCCn3cc(CN(C)C)nn3)ncc2cc1-c1cc(OC)cc(OC)c1. The number of anilines is 2. The lowest BCUT2D eigenvalue weighted by atomic mass is 10.0. The van der Waals surface area contributed by atoms with Crippen LogP contribution in [0.2, 0.25) is 0 Å². The lowest BCUT2D eigenvalue weighted by molar-refractivity contribution is 0.252. The van der Waals surface area contributed by atoms with Crippen molar-refractivity contribution in [3.05, 3.63) is 42.4 Å². The van der Waals surface area contributed by atoms with Crippen LogP contribution in [0.15, 0.2) is 36.7 Å². The van der Waals surface area contributed by atoms with Crippen molar-refractivity contribution in [2.24, 2.45) is 0 Å². The van der Waals surface area contributed by atoms with Gasteiger partial charge in [-0.1, -0.05) is 18.6 Å². The summed E-state index contributed by atoms with van der Waals surface area (Å²) in [6, 6.07) is 7.05. The first-order valence-electron chi connectivity index (χ1n) is 13.1. The standard InChI is InChI=1S/C27H36N10O3/c1-6-7-8-29-27(38)33-25-23(18-11-21(39-4)14-22(12-18)40-5)13-19-15-30-26(32-24(19)31-25)28-9-10-37-17-20(34-35-37)16-36(2)3/h11-15,17H,6-10,16H2,1-5H3,(H3,28,29,30,31,32,33,38). The highest BCUT2D eigenvalue weighted by molar-refractivity contribution is 5.96. The Morgan fingerprint density at radius 2 is 1.82 bits per heavy atom. The van der Waals surface area contributed by atoms with Gasteiger partial charge in [-0.3, -0.25) is 10.00 Å². The number of urea groups is 1. The molecule has 212 valence electrons. The molecule has 0 bridgehead atoms. The van der Waals surface area contributed by atoms with Crippen molar-refractivity contribution < 1.29 is 14.3 Å². The molecule has 0 saturated heterocycles. The van der Waals surface area contributed by atoms with Crippen LogP contribution in [0.3, 0.4) is 0 Å². The molecule has 0 aliphatic heterocycles. The van der Waals surface area contributed by atoms with Crippen LogP contribution in [0.4, 0.5) is 16.6 Å². The van der Waals surface area contributed by atoms with Crippen LogP contribution in [0, 0.1) is 0 Å². The van der Waals surface area contributed by atoms with Crippen LogP contribution in [-0.4, -0.2) is 82.3 Å². The van der Waals surface area contributed by atoms with Crippen LogP contribution < -0.4 is 25.4 Å². The zero-order chi connectivity index (χ0) is 28.5. The fraction of sp³-hybridized carbons (Fsp3) is 0.407. The number of rotatable bonds is 13. The molecular formula is C27H36N10O3. The summed E-state index contributed by atoms with van der Waals surface area (Å²) < 4.78 is 12.7. The third-order valence-electron chi connectivity index (χ3n) is 5.97. The number of carbonyl (C=O) groups is 1. The number of nitrogens with zero attached hydrogens (tertiary/aromatic N) is 7. The maximum absolute atomic E-state index is 12.7. The molecule has 13 heteroatoms. The molecule has 2 amide bonds. The first kappa shape index (κ1) is 28.5. The van der Waals surface area contributed by atoms with E-state index >= 15 is 0 Å². The number of amides is 2. The minimum atomic E-state index is -0.342. The van der Waals surface area contributed by atoms with Gasteiger partial charge in [0.25, 0.3) is 0 Å². The molecule has 3 aromatic heterocycles. The van der Waals surface area contributed by atoms with Gasteiger partial charge in [0.2, 0.25) is 5.95 Å². The van der Waals surface area contributed by atoms with Gasteiger partial charge in [-0.05, 0) is 44.3 Å². The Morgan fingerprint density at radius 1 is 1.05 bits per heavy atom. The van der Waals surface area contributed by atoms with Crippen molar-refractivity contribution in [1.29, 1.82) is 0 Å². The Bertz CT molecular complexity index is 1420. The molecule has 1 aromatic carbocycles. The second kappa shape index (κ2) is 13.5. The van der Waals surface area contributed by atoms with Gasteiger partial charge in [0, 0.05) is 49.0 Å². The summed E-state index contributed by atoms with van der Waals surface area (Å²) >= 11 is 0. The van der Waals surface area contributed by atoms with E-state index < -0.39 is 0 Å². The lowest BCUT2D eigenvalue weighted by Gasteiger charge is -2.15. The number of hydrogen-bond acceptors (Lipinski definition) is 10. The van der Waals surface area contributed by atoms with Crippen molar-refractivity contribution in [3.8, 4) is 22.6 Å². The summed E-state index contributed by atoms with van der Waals surface area (Å²) in [5.41, 5.74) is 2.78. The van der Waals surface area contributed by atoms with Crippen LogP contribution in [-0.2, 0) is 13.1 Å². The molecule has 0 aliphatic rings. The number of fused-ring (bicyclic) bond motifs is 1. The van der Waals surface area contributed by atoms with E-state index in [1.807, 2.05) is 43.4 Å². The molecule has 3 heterocycles. The fourth-order valence-corrected chi connectivity index (χ4v) is 3.98. The molecule has 4 aromatic rings. The number of hydrogen-bond donors (Lipinski definition) is 3. The molecule has 0 spiro atoms. The molecular weight excluding hydrogens is 512 g/mol. The molecule has 0 radical (unpaired) electrons. The van der Waals surface area contributed by atoms with E-state index in [-0.39, 0.29) is 6.03 Å². The molecule has 13 nitrogen and oxygen atoms in total. The summed E-state index contributed by atoms with van der Waals surface area (Å²) in [6.07, 6.45) is 5.48. The van der Waals surface area contributed by atoms with Gasteiger partial charge in [0.05, 0.1) is 26.5 Å². The molecule has 0 fully saturated rings. The van der Waals surface area contributed by atoms with Gasteiger partial charge in [0.1, 0.15) is 17.3 Å². The highest BCUT2D eigenvalue weighted by Crippen LogP contribution is 2.35. The summed E-state index contributed by atoms with van der Waals surface area (Å²) in [6.45, 7) is 4.50. The summed E-state index contributed by atoms with van der Waals surface area (Å²) in [5, 5.41) is 18.0. The Hall–Kier alpha value is -4.52. The van der Waals surface area contributed by atoms with Gasteiger partial charge < -0.3 is 25.0 Å². The zero-order valence-corrected chi connectivity index (χ0v) is 23.6.